The van der Waals surface area contributed by atoms with Gasteiger partial charge in [0.15, 0.2) is 17.5 Å². The molecule has 0 amide bonds. The highest BCUT2D eigenvalue weighted by atomic mass is 32.2. The number of sulfonamides is 1. The maximum Gasteiger partial charge on any atom is 0.231 e. The molecule has 0 unspecified atom stereocenters. The first-order chi connectivity index (χ1) is 11.0. The Morgan fingerprint density at radius 1 is 1.22 bits per heavy atom. The highest BCUT2D eigenvalue weighted by molar-refractivity contribution is 7.89. The van der Waals surface area contributed by atoms with Gasteiger partial charge >= 0.3 is 0 Å². The molecule has 3 N–H and O–H groups in total. The van der Waals surface area contributed by atoms with Crippen LogP contribution in [-0.2, 0) is 16.6 Å². The van der Waals surface area contributed by atoms with Crippen LogP contribution in [0.3, 0.4) is 0 Å². The third kappa shape index (κ3) is 5.29. The summed E-state index contributed by atoms with van der Waals surface area (Å²) in [7, 11) is -1.50. The van der Waals surface area contributed by atoms with Crippen molar-refractivity contribution >= 4 is 16.0 Å². The van der Waals surface area contributed by atoms with Crippen molar-refractivity contribution in [2.75, 3.05) is 32.7 Å². The fourth-order valence-electron chi connectivity index (χ4n) is 1.95. The van der Waals surface area contributed by atoms with Crippen LogP contribution in [0.4, 0.5) is 0 Å². The number of guanidine groups is 1. The molecule has 128 valence electrons. The molecule has 1 aromatic carbocycles. The summed E-state index contributed by atoms with van der Waals surface area (Å²) in [6, 6.07) is 5.73. The molecular weight excluding hydrogens is 320 g/mol. The molecule has 0 atom stereocenters. The molecule has 0 aliphatic carbocycles. The lowest BCUT2D eigenvalue weighted by atomic mass is 10.2. The molecule has 8 nitrogen and oxygen atoms in total. The Balaban J connectivity index is 1.75. The number of fused-ring (bicyclic) bond motifs is 1. The lowest BCUT2D eigenvalue weighted by Gasteiger charge is -2.12. The SMILES string of the molecule is CCS(=O)(=O)NCCNC(=NC)NCc1ccc2c(c1)OCO2. The van der Waals surface area contributed by atoms with E-state index < -0.39 is 10.0 Å². The topological polar surface area (TPSA) is 101 Å². The molecule has 0 spiro atoms. The largest absolute Gasteiger partial charge is 0.454 e. The van der Waals surface area contributed by atoms with Crippen molar-refractivity contribution in [3.8, 4) is 11.5 Å². The maximum atomic E-state index is 11.3. The number of rotatable bonds is 7. The zero-order valence-corrected chi connectivity index (χ0v) is 14.1. The lowest BCUT2D eigenvalue weighted by molar-refractivity contribution is 0.174. The van der Waals surface area contributed by atoms with Crippen LogP contribution >= 0.6 is 0 Å². The standard InChI is InChI=1S/C14H22N4O4S/c1-3-23(19,20)18-7-6-16-14(15-2)17-9-11-4-5-12-13(8-11)22-10-21-12/h4-5,8,18H,3,6-7,9-10H2,1-2H3,(H2,15,16,17). The van der Waals surface area contributed by atoms with Gasteiger partial charge in [-0.15, -0.1) is 0 Å². The van der Waals surface area contributed by atoms with Gasteiger partial charge in [-0.3, -0.25) is 4.99 Å². The van der Waals surface area contributed by atoms with Crippen molar-refractivity contribution in [1.82, 2.24) is 15.4 Å². The molecular formula is C14H22N4O4S. The van der Waals surface area contributed by atoms with Crippen LogP contribution in [0.5, 0.6) is 11.5 Å². The van der Waals surface area contributed by atoms with Crippen LogP contribution in [0.1, 0.15) is 12.5 Å². The summed E-state index contributed by atoms with van der Waals surface area (Å²) in [5.41, 5.74) is 1.03. The van der Waals surface area contributed by atoms with E-state index in [4.69, 9.17) is 9.47 Å². The average molecular weight is 342 g/mol. The average Bonchev–Trinajstić information content (AvgIpc) is 3.02. The highest BCUT2D eigenvalue weighted by Crippen LogP contribution is 2.32. The van der Waals surface area contributed by atoms with Gasteiger partial charge in [-0.05, 0) is 24.6 Å². The number of aliphatic imine (C=N–C) groups is 1. The molecule has 0 saturated heterocycles. The molecule has 0 radical (unpaired) electrons. The molecule has 9 heteroatoms. The number of hydrogen-bond acceptors (Lipinski definition) is 5. The van der Waals surface area contributed by atoms with Crippen molar-refractivity contribution in [2.24, 2.45) is 4.99 Å². The van der Waals surface area contributed by atoms with E-state index >= 15 is 0 Å². The summed E-state index contributed by atoms with van der Waals surface area (Å²) >= 11 is 0. The van der Waals surface area contributed by atoms with Crippen molar-refractivity contribution in [3.05, 3.63) is 23.8 Å². The normalized spacial score (nSPS) is 13.9. The fourth-order valence-corrected chi connectivity index (χ4v) is 2.56. The minimum Gasteiger partial charge on any atom is -0.454 e. The van der Waals surface area contributed by atoms with E-state index in [-0.39, 0.29) is 12.5 Å². The summed E-state index contributed by atoms with van der Waals surface area (Å²) in [5.74, 6) is 2.16. The van der Waals surface area contributed by atoms with Gasteiger partial charge in [0.2, 0.25) is 16.8 Å². The highest BCUT2D eigenvalue weighted by Gasteiger charge is 2.13. The van der Waals surface area contributed by atoms with Crippen LogP contribution in [0.15, 0.2) is 23.2 Å². The van der Waals surface area contributed by atoms with Crippen molar-refractivity contribution in [3.63, 3.8) is 0 Å². The van der Waals surface area contributed by atoms with E-state index in [0.717, 1.165) is 17.1 Å². The van der Waals surface area contributed by atoms with Gasteiger partial charge < -0.3 is 20.1 Å². The van der Waals surface area contributed by atoms with Crippen molar-refractivity contribution < 1.29 is 17.9 Å². The first-order valence-corrected chi connectivity index (χ1v) is 8.99. The quantitative estimate of drug-likeness (QED) is 0.367. The summed E-state index contributed by atoms with van der Waals surface area (Å²) in [6.45, 7) is 3.17. The number of nitrogens with one attached hydrogen (secondary N) is 3. The van der Waals surface area contributed by atoms with Crippen molar-refractivity contribution in [2.45, 2.75) is 13.5 Å². The zero-order chi connectivity index (χ0) is 16.7. The molecule has 23 heavy (non-hydrogen) atoms. The third-order valence-electron chi connectivity index (χ3n) is 3.24. The van der Waals surface area contributed by atoms with Gasteiger partial charge in [-0.2, -0.15) is 0 Å². The first kappa shape index (κ1) is 17.4. The lowest BCUT2D eigenvalue weighted by Crippen LogP contribution is -2.41. The second kappa shape index (κ2) is 8.02. The van der Waals surface area contributed by atoms with E-state index in [1.54, 1.807) is 14.0 Å². The molecule has 1 aliphatic rings. The summed E-state index contributed by atoms with van der Waals surface area (Å²) in [5, 5.41) is 6.20. The Morgan fingerprint density at radius 3 is 2.74 bits per heavy atom. The molecule has 1 aliphatic heterocycles. The van der Waals surface area contributed by atoms with Gasteiger partial charge in [-0.1, -0.05) is 6.07 Å². The van der Waals surface area contributed by atoms with E-state index in [1.165, 1.54) is 0 Å². The number of benzene rings is 1. The minimum atomic E-state index is -3.16. The van der Waals surface area contributed by atoms with Crippen LogP contribution in [0.25, 0.3) is 0 Å². The van der Waals surface area contributed by atoms with E-state index in [2.05, 4.69) is 20.3 Å². The van der Waals surface area contributed by atoms with Gasteiger partial charge in [0, 0.05) is 26.7 Å². The van der Waals surface area contributed by atoms with Gasteiger partial charge in [0.05, 0.1) is 5.75 Å². The molecule has 0 aromatic heterocycles. The molecule has 1 heterocycles. The second-order valence-corrected chi connectivity index (χ2v) is 6.93. The summed E-state index contributed by atoms with van der Waals surface area (Å²) in [4.78, 5) is 4.09. The number of ether oxygens (including phenoxy) is 2. The summed E-state index contributed by atoms with van der Waals surface area (Å²) < 4.78 is 35.7. The number of nitrogens with zero attached hydrogens (tertiary/aromatic N) is 1. The minimum absolute atomic E-state index is 0.0735. The van der Waals surface area contributed by atoms with E-state index in [0.29, 0.717) is 25.6 Å². The van der Waals surface area contributed by atoms with Gasteiger partial charge in [0.25, 0.3) is 0 Å². The number of hydrogen-bond donors (Lipinski definition) is 3. The Bertz CT molecular complexity index is 661. The van der Waals surface area contributed by atoms with Crippen LogP contribution < -0.4 is 24.8 Å². The van der Waals surface area contributed by atoms with Gasteiger partial charge in [-0.25, -0.2) is 13.1 Å². The maximum absolute atomic E-state index is 11.3. The fraction of sp³-hybridized carbons (Fsp3) is 0.500. The molecule has 0 saturated carbocycles. The third-order valence-corrected chi connectivity index (χ3v) is 4.64. The second-order valence-electron chi connectivity index (χ2n) is 4.84. The Hall–Kier alpha value is -2.00. The van der Waals surface area contributed by atoms with Crippen molar-refractivity contribution in [1.29, 1.82) is 0 Å². The zero-order valence-electron chi connectivity index (χ0n) is 13.3. The Labute approximate surface area is 136 Å². The predicted octanol–water partition coefficient (Wildman–Crippen LogP) is 0.0196. The monoisotopic (exact) mass is 342 g/mol. The van der Waals surface area contributed by atoms with E-state index in [9.17, 15) is 8.42 Å². The predicted molar refractivity (Wildman–Crippen MR) is 88.2 cm³/mol. The van der Waals surface area contributed by atoms with Crippen LogP contribution in [0, 0.1) is 0 Å². The van der Waals surface area contributed by atoms with E-state index in [1.807, 2.05) is 18.2 Å². The molecule has 0 bridgehead atoms. The smallest absolute Gasteiger partial charge is 0.231 e. The first-order valence-electron chi connectivity index (χ1n) is 7.34. The molecule has 2 rings (SSSR count). The Kier molecular flexibility index (Phi) is 6.05. The van der Waals surface area contributed by atoms with Gasteiger partial charge in [0.1, 0.15) is 0 Å². The Morgan fingerprint density at radius 2 is 2.00 bits per heavy atom. The van der Waals surface area contributed by atoms with Crippen LogP contribution in [0.2, 0.25) is 0 Å². The molecule has 0 fully saturated rings. The summed E-state index contributed by atoms with van der Waals surface area (Å²) in [6.07, 6.45) is 0. The molecule has 1 aromatic rings. The van der Waals surface area contributed by atoms with Crippen LogP contribution in [-0.4, -0.2) is 47.1 Å².